The second-order valence-corrected chi connectivity index (χ2v) is 5.43. The lowest BCUT2D eigenvalue weighted by atomic mass is 10.2. The highest BCUT2D eigenvalue weighted by molar-refractivity contribution is 9.10. The summed E-state index contributed by atoms with van der Waals surface area (Å²) in [7, 11) is 0. The maximum Gasteiger partial charge on any atom is 0.217 e. The summed E-state index contributed by atoms with van der Waals surface area (Å²) >= 11 is 3.53. The van der Waals surface area contributed by atoms with Gasteiger partial charge in [-0.05, 0) is 40.0 Å². The minimum absolute atomic E-state index is 0.0246. The van der Waals surface area contributed by atoms with Crippen LogP contribution in [-0.4, -0.2) is 30.1 Å². The van der Waals surface area contributed by atoms with Crippen LogP contribution >= 0.6 is 15.9 Å². The molecule has 4 nitrogen and oxygen atoms in total. The van der Waals surface area contributed by atoms with Crippen molar-refractivity contribution in [2.45, 2.75) is 26.0 Å². The topological polar surface area (TPSA) is 52.6 Å². The van der Waals surface area contributed by atoms with Crippen LogP contribution in [0.3, 0.4) is 0 Å². The smallest absolute Gasteiger partial charge is 0.217 e. The molecule has 98 valence electrons. The predicted octanol–water partition coefficient (Wildman–Crippen LogP) is 1.66. The molecule has 18 heavy (non-hydrogen) atoms. The van der Waals surface area contributed by atoms with Gasteiger partial charge in [-0.15, -0.1) is 0 Å². The maximum atomic E-state index is 11.0. The molecule has 1 aliphatic heterocycles. The largest absolute Gasteiger partial charge is 0.392 e. The second kappa shape index (κ2) is 5.71. The predicted molar refractivity (Wildman–Crippen MR) is 74.5 cm³/mol. The van der Waals surface area contributed by atoms with Gasteiger partial charge in [-0.25, -0.2) is 0 Å². The molecule has 1 aromatic carbocycles. The highest BCUT2D eigenvalue weighted by Gasteiger charge is 2.24. The van der Waals surface area contributed by atoms with Crippen LogP contribution in [0, 0.1) is 0 Å². The van der Waals surface area contributed by atoms with Crippen LogP contribution in [0.15, 0.2) is 22.7 Å². The molecule has 1 unspecified atom stereocenters. The van der Waals surface area contributed by atoms with Gasteiger partial charge >= 0.3 is 0 Å². The summed E-state index contributed by atoms with van der Waals surface area (Å²) in [6.45, 7) is 3.36. The molecule has 0 aromatic heterocycles. The van der Waals surface area contributed by atoms with Crippen molar-refractivity contribution in [1.29, 1.82) is 0 Å². The number of hydrogen-bond donors (Lipinski definition) is 2. The summed E-state index contributed by atoms with van der Waals surface area (Å²) in [5.74, 6) is 0.0246. The number of aliphatic hydroxyl groups is 1. The van der Waals surface area contributed by atoms with Crippen LogP contribution in [-0.2, 0) is 11.4 Å². The van der Waals surface area contributed by atoms with E-state index in [0.717, 1.165) is 35.2 Å². The summed E-state index contributed by atoms with van der Waals surface area (Å²) in [6, 6.07) is 6.09. The van der Waals surface area contributed by atoms with Crippen molar-refractivity contribution < 1.29 is 9.90 Å². The van der Waals surface area contributed by atoms with E-state index in [-0.39, 0.29) is 18.6 Å². The van der Waals surface area contributed by atoms with E-state index in [1.54, 1.807) is 6.92 Å². The van der Waals surface area contributed by atoms with E-state index in [2.05, 4.69) is 26.1 Å². The van der Waals surface area contributed by atoms with E-state index in [9.17, 15) is 4.79 Å². The Morgan fingerprint density at radius 2 is 2.39 bits per heavy atom. The van der Waals surface area contributed by atoms with E-state index < -0.39 is 0 Å². The number of nitrogens with one attached hydrogen (secondary N) is 1. The van der Waals surface area contributed by atoms with E-state index in [0.29, 0.717) is 0 Å². The number of halogens is 1. The number of hydrogen-bond acceptors (Lipinski definition) is 3. The highest BCUT2D eigenvalue weighted by atomic mass is 79.9. The van der Waals surface area contributed by atoms with Gasteiger partial charge in [0.15, 0.2) is 0 Å². The Balaban J connectivity index is 2.07. The first-order chi connectivity index (χ1) is 8.60. The summed E-state index contributed by atoms with van der Waals surface area (Å²) in [5, 5.41) is 12.0. The number of nitrogens with zero attached hydrogens (tertiary/aromatic N) is 1. The van der Waals surface area contributed by atoms with E-state index in [1.165, 1.54) is 0 Å². The number of aliphatic hydroxyl groups excluding tert-OH is 1. The summed E-state index contributed by atoms with van der Waals surface area (Å²) in [5.41, 5.74) is 2.00. The zero-order valence-electron chi connectivity index (χ0n) is 10.3. The van der Waals surface area contributed by atoms with Crippen molar-refractivity contribution in [3.05, 3.63) is 28.2 Å². The number of carbonyl (C=O) groups excluding carboxylic acids is 1. The molecule has 1 aliphatic rings. The highest BCUT2D eigenvalue weighted by Crippen LogP contribution is 2.30. The molecule has 0 saturated carbocycles. The van der Waals surface area contributed by atoms with Crippen LogP contribution < -0.4 is 10.2 Å². The zero-order chi connectivity index (χ0) is 13.1. The molecule has 0 radical (unpaired) electrons. The summed E-state index contributed by atoms with van der Waals surface area (Å²) in [6.07, 6.45) is 0.966. The zero-order valence-corrected chi connectivity index (χ0v) is 11.9. The minimum Gasteiger partial charge on any atom is -0.392 e. The number of anilines is 1. The molecule has 1 aromatic rings. The Morgan fingerprint density at radius 1 is 1.61 bits per heavy atom. The molecular weight excluding hydrogens is 296 g/mol. The van der Waals surface area contributed by atoms with Gasteiger partial charge in [-0.3, -0.25) is 4.79 Å². The number of amides is 1. The Kier molecular flexibility index (Phi) is 4.24. The first kappa shape index (κ1) is 13.4. The van der Waals surface area contributed by atoms with Gasteiger partial charge in [0.25, 0.3) is 0 Å². The van der Waals surface area contributed by atoms with Crippen LogP contribution in [0.25, 0.3) is 0 Å². The molecular formula is C13H17BrN2O2. The molecule has 1 saturated heterocycles. The third-order valence-electron chi connectivity index (χ3n) is 3.13. The normalized spacial score (nSPS) is 19.1. The van der Waals surface area contributed by atoms with Crippen LogP contribution in [0.1, 0.15) is 18.9 Å². The van der Waals surface area contributed by atoms with Crippen LogP contribution in [0.2, 0.25) is 0 Å². The van der Waals surface area contributed by atoms with Gasteiger partial charge in [-0.2, -0.15) is 0 Å². The molecule has 5 heteroatoms. The number of carbonyl (C=O) groups is 1. The van der Waals surface area contributed by atoms with Crippen LogP contribution in [0.4, 0.5) is 5.69 Å². The molecule has 1 amide bonds. The lowest BCUT2D eigenvalue weighted by Gasteiger charge is -2.20. The van der Waals surface area contributed by atoms with E-state index >= 15 is 0 Å². The Labute approximate surface area is 115 Å². The summed E-state index contributed by atoms with van der Waals surface area (Å²) in [4.78, 5) is 13.3. The first-order valence-corrected chi connectivity index (χ1v) is 6.81. The average Bonchev–Trinajstić information content (AvgIpc) is 2.76. The second-order valence-electron chi connectivity index (χ2n) is 4.58. The molecule has 1 atom stereocenters. The quantitative estimate of drug-likeness (QED) is 0.892. The Morgan fingerprint density at radius 3 is 3.00 bits per heavy atom. The van der Waals surface area contributed by atoms with Crippen molar-refractivity contribution in [3.8, 4) is 0 Å². The lowest BCUT2D eigenvalue weighted by molar-refractivity contribution is -0.119. The van der Waals surface area contributed by atoms with Gasteiger partial charge in [-0.1, -0.05) is 6.07 Å². The van der Waals surface area contributed by atoms with Crippen molar-refractivity contribution >= 4 is 27.5 Å². The monoisotopic (exact) mass is 312 g/mol. The van der Waals surface area contributed by atoms with Gasteiger partial charge in [0, 0.05) is 30.5 Å². The van der Waals surface area contributed by atoms with E-state index in [1.807, 2.05) is 18.2 Å². The van der Waals surface area contributed by atoms with Crippen molar-refractivity contribution in [2.75, 3.05) is 18.0 Å². The molecule has 0 bridgehead atoms. The first-order valence-electron chi connectivity index (χ1n) is 6.01. The minimum atomic E-state index is 0.0246. The van der Waals surface area contributed by atoms with Gasteiger partial charge in [0.05, 0.1) is 12.3 Å². The fraction of sp³-hybridized carbons (Fsp3) is 0.462. The van der Waals surface area contributed by atoms with E-state index in [4.69, 9.17) is 5.11 Å². The molecule has 2 rings (SSSR count). The Bertz CT molecular complexity index is 451. The van der Waals surface area contributed by atoms with Gasteiger partial charge in [0.1, 0.15) is 0 Å². The third-order valence-corrected chi connectivity index (χ3v) is 3.77. The third kappa shape index (κ3) is 3.03. The maximum absolute atomic E-state index is 11.0. The molecule has 1 heterocycles. The molecule has 0 aliphatic carbocycles. The van der Waals surface area contributed by atoms with Crippen molar-refractivity contribution in [3.63, 3.8) is 0 Å². The average molecular weight is 313 g/mol. The molecule has 1 fully saturated rings. The fourth-order valence-corrected chi connectivity index (χ4v) is 2.97. The lowest BCUT2D eigenvalue weighted by Crippen LogP contribution is -2.35. The van der Waals surface area contributed by atoms with Crippen molar-refractivity contribution in [2.24, 2.45) is 0 Å². The fourth-order valence-electron chi connectivity index (χ4n) is 2.29. The van der Waals surface area contributed by atoms with Crippen molar-refractivity contribution in [1.82, 2.24) is 5.32 Å². The van der Waals surface area contributed by atoms with Crippen LogP contribution in [0.5, 0.6) is 0 Å². The number of benzene rings is 1. The molecule has 0 spiro atoms. The molecule has 2 N–H and O–H groups in total. The standard InChI is InChI=1S/C13H17BrN2O2/c1-9(18)15-11-4-5-16(7-11)13-3-2-10(8-17)6-12(13)14/h2-3,6,11,17H,4-5,7-8H2,1H3,(H,15,18). The Hall–Kier alpha value is -1.07. The van der Waals surface area contributed by atoms with Gasteiger partial charge < -0.3 is 15.3 Å². The SMILES string of the molecule is CC(=O)NC1CCN(c2ccc(CO)cc2Br)C1. The van der Waals surface area contributed by atoms with Gasteiger partial charge in [0.2, 0.25) is 5.91 Å². The summed E-state index contributed by atoms with van der Waals surface area (Å²) < 4.78 is 0.984. The number of rotatable bonds is 3.